The molecule has 1 aromatic heterocycles. The molecule has 0 radical (unpaired) electrons. The van der Waals surface area contributed by atoms with Crippen LogP contribution in [0.25, 0.3) is 0 Å². The highest BCUT2D eigenvalue weighted by atomic mass is 32.2. The summed E-state index contributed by atoms with van der Waals surface area (Å²) >= 11 is 0. The number of hydrogen-bond acceptors (Lipinski definition) is 6. The van der Waals surface area contributed by atoms with E-state index < -0.39 is 10.0 Å². The standard InChI is InChI=1S/C21H31N5O4S/c1-4-18(15-27)24-11-13-25(14-12-24)31(29,30)19-7-5-17(6-8-19)22-21(28)20-9-10-26(23-20)16(2)3/h5-10,16,18,27H,4,11-15H2,1-3H3,(H,22,28). The first kappa shape index (κ1) is 23.4. The molecular formula is C21H31N5O4S. The molecule has 0 bridgehead atoms. The Morgan fingerprint density at radius 1 is 1.13 bits per heavy atom. The van der Waals surface area contributed by atoms with Crippen LogP contribution in [0, 0.1) is 0 Å². The van der Waals surface area contributed by atoms with Crippen molar-refractivity contribution in [2.75, 3.05) is 38.1 Å². The molecule has 0 saturated carbocycles. The van der Waals surface area contributed by atoms with Crippen LogP contribution < -0.4 is 5.32 Å². The van der Waals surface area contributed by atoms with Crippen molar-refractivity contribution in [1.82, 2.24) is 19.0 Å². The van der Waals surface area contributed by atoms with Crippen molar-refractivity contribution in [1.29, 1.82) is 0 Å². The number of nitrogens with zero attached hydrogens (tertiary/aromatic N) is 4. The number of carbonyl (C=O) groups is 1. The zero-order chi connectivity index (χ0) is 22.6. The van der Waals surface area contributed by atoms with Crippen LogP contribution in [-0.4, -0.2) is 77.2 Å². The number of aromatic nitrogens is 2. The van der Waals surface area contributed by atoms with Crippen molar-refractivity contribution < 1.29 is 18.3 Å². The maximum Gasteiger partial charge on any atom is 0.276 e. The maximum absolute atomic E-state index is 13.0. The fourth-order valence-electron chi connectivity index (χ4n) is 3.61. The molecule has 1 aliphatic heterocycles. The van der Waals surface area contributed by atoms with Crippen LogP contribution in [0.5, 0.6) is 0 Å². The van der Waals surface area contributed by atoms with Gasteiger partial charge in [-0.2, -0.15) is 9.40 Å². The molecule has 0 spiro atoms. The molecule has 1 aromatic carbocycles. The second kappa shape index (κ2) is 9.90. The van der Waals surface area contributed by atoms with Crippen LogP contribution in [0.2, 0.25) is 0 Å². The minimum atomic E-state index is -3.61. The number of aliphatic hydroxyl groups is 1. The first-order valence-electron chi connectivity index (χ1n) is 10.6. The number of rotatable bonds is 8. The molecule has 9 nitrogen and oxygen atoms in total. The third-order valence-corrected chi connectivity index (χ3v) is 7.50. The van der Waals surface area contributed by atoms with Crippen molar-refractivity contribution in [3.05, 3.63) is 42.2 Å². The third-order valence-electron chi connectivity index (χ3n) is 5.59. The highest BCUT2D eigenvalue weighted by Crippen LogP contribution is 2.21. The van der Waals surface area contributed by atoms with E-state index in [0.717, 1.165) is 6.42 Å². The predicted octanol–water partition coefficient (Wildman–Crippen LogP) is 1.79. The summed E-state index contributed by atoms with van der Waals surface area (Å²) in [4.78, 5) is 14.7. The summed E-state index contributed by atoms with van der Waals surface area (Å²) in [6.45, 7) is 8.00. The quantitative estimate of drug-likeness (QED) is 0.636. The minimum Gasteiger partial charge on any atom is -0.395 e. The Labute approximate surface area is 183 Å². The highest BCUT2D eigenvalue weighted by Gasteiger charge is 2.30. The van der Waals surface area contributed by atoms with Gasteiger partial charge in [-0.25, -0.2) is 8.42 Å². The molecule has 31 heavy (non-hydrogen) atoms. The molecule has 1 unspecified atom stereocenters. The topological polar surface area (TPSA) is 108 Å². The summed E-state index contributed by atoms with van der Waals surface area (Å²) in [6.07, 6.45) is 2.58. The van der Waals surface area contributed by atoms with Crippen molar-refractivity contribution in [3.8, 4) is 0 Å². The minimum absolute atomic E-state index is 0.0692. The third kappa shape index (κ3) is 5.32. The Bertz CT molecular complexity index is 975. The van der Waals surface area contributed by atoms with Gasteiger partial charge in [0.15, 0.2) is 5.69 Å². The number of hydrogen-bond donors (Lipinski definition) is 2. The number of piperazine rings is 1. The molecule has 10 heteroatoms. The average Bonchev–Trinajstić information content (AvgIpc) is 3.26. The molecular weight excluding hydrogens is 418 g/mol. The number of amides is 1. The molecule has 1 atom stereocenters. The van der Waals surface area contributed by atoms with Gasteiger partial charge in [-0.1, -0.05) is 6.92 Å². The lowest BCUT2D eigenvalue weighted by Crippen LogP contribution is -2.52. The van der Waals surface area contributed by atoms with E-state index in [1.165, 1.54) is 16.4 Å². The number of sulfonamides is 1. The Morgan fingerprint density at radius 3 is 2.29 bits per heavy atom. The number of anilines is 1. The van der Waals surface area contributed by atoms with E-state index in [4.69, 9.17) is 0 Å². The van der Waals surface area contributed by atoms with Crippen LogP contribution in [0.4, 0.5) is 5.69 Å². The van der Waals surface area contributed by atoms with Gasteiger partial charge < -0.3 is 10.4 Å². The molecule has 170 valence electrons. The van der Waals surface area contributed by atoms with Gasteiger partial charge in [-0.3, -0.25) is 14.4 Å². The van der Waals surface area contributed by atoms with E-state index in [9.17, 15) is 18.3 Å². The Morgan fingerprint density at radius 2 is 1.77 bits per heavy atom. The smallest absolute Gasteiger partial charge is 0.276 e. The first-order chi connectivity index (χ1) is 14.8. The van der Waals surface area contributed by atoms with Gasteiger partial charge in [0.2, 0.25) is 10.0 Å². The highest BCUT2D eigenvalue weighted by molar-refractivity contribution is 7.89. The Kier molecular flexibility index (Phi) is 7.47. The molecule has 0 aliphatic carbocycles. The fraction of sp³-hybridized carbons (Fsp3) is 0.524. The molecule has 1 amide bonds. The lowest BCUT2D eigenvalue weighted by Gasteiger charge is -2.37. The summed E-state index contributed by atoms with van der Waals surface area (Å²) in [5.41, 5.74) is 0.804. The number of aliphatic hydroxyl groups excluding tert-OH is 1. The van der Waals surface area contributed by atoms with Gasteiger partial charge in [-0.15, -0.1) is 0 Å². The zero-order valence-corrected chi connectivity index (χ0v) is 19.0. The fourth-order valence-corrected chi connectivity index (χ4v) is 5.04. The maximum atomic E-state index is 13.0. The van der Waals surface area contributed by atoms with Gasteiger partial charge in [0.25, 0.3) is 5.91 Å². The van der Waals surface area contributed by atoms with Crippen LogP contribution in [0.3, 0.4) is 0 Å². The van der Waals surface area contributed by atoms with Crippen molar-refractivity contribution in [2.24, 2.45) is 0 Å². The molecule has 3 rings (SSSR count). The zero-order valence-electron chi connectivity index (χ0n) is 18.2. The predicted molar refractivity (Wildman–Crippen MR) is 119 cm³/mol. The van der Waals surface area contributed by atoms with Crippen molar-refractivity contribution in [3.63, 3.8) is 0 Å². The second-order valence-corrected chi connectivity index (χ2v) is 9.88. The lowest BCUT2D eigenvalue weighted by atomic mass is 10.2. The van der Waals surface area contributed by atoms with Gasteiger partial charge in [-0.05, 0) is 50.6 Å². The van der Waals surface area contributed by atoms with Crippen molar-refractivity contribution in [2.45, 2.75) is 44.2 Å². The van der Waals surface area contributed by atoms with E-state index >= 15 is 0 Å². The number of nitrogens with one attached hydrogen (secondary N) is 1. The van der Waals surface area contributed by atoms with Crippen LogP contribution in [0.15, 0.2) is 41.4 Å². The van der Waals surface area contributed by atoms with Crippen LogP contribution in [-0.2, 0) is 10.0 Å². The van der Waals surface area contributed by atoms with E-state index in [2.05, 4.69) is 15.3 Å². The summed E-state index contributed by atoms with van der Waals surface area (Å²) in [6, 6.07) is 8.05. The monoisotopic (exact) mass is 449 g/mol. The Hall–Kier alpha value is -2.27. The lowest BCUT2D eigenvalue weighted by molar-refractivity contribution is 0.0881. The normalized spacial score (nSPS) is 17.1. The number of carbonyl (C=O) groups excluding carboxylic acids is 1. The van der Waals surface area contributed by atoms with E-state index in [0.29, 0.717) is 37.6 Å². The van der Waals surface area contributed by atoms with Crippen molar-refractivity contribution >= 4 is 21.6 Å². The Balaban J connectivity index is 1.63. The molecule has 2 aromatic rings. The summed E-state index contributed by atoms with van der Waals surface area (Å²) in [7, 11) is -3.61. The second-order valence-electron chi connectivity index (χ2n) is 7.94. The van der Waals surface area contributed by atoms with Crippen LogP contribution in [0.1, 0.15) is 43.7 Å². The molecule has 1 aliphatic rings. The van der Waals surface area contributed by atoms with Crippen LogP contribution >= 0.6 is 0 Å². The molecule has 2 heterocycles. The SMILES string of the molecule is CCC(CO)N1CCN(S(=O)(=O)c2ccc(NC(=O)c3ccn(C(C)C)n3)cc2)CC1. The number of benzene rings is 1. The van der Waals surface area contributed by atoms with E-state index in [1.807, 2.05) is 20.8 Å². The largest absolute Gasteiger partial charge is 0.395 e. The van der Waals surface area contributed by atoms with Gasteiger partial charge in [0, 0.05) is 50.1 Å². The van der Waals surface area contributed by atoms with E-state index in [1.54, 1.807) is 29.1 Å². The van der Waals surface area contributed by atoms with Gasteiger partial charge in [0.1, 0.15) is 0 Å². The molecule has 2 N–H and O–H groups in total. The molecule has 1 saturated heterocycles. The van der Waals surface area contributed by atoms with Gasteiger partial charge >= 0.3 is 0 Å². The summed E-state index contributed by atoms with van der Waals surface area (Å²) < 4.78 is 29.1. The van der Waals surface area contributed by atoms with E-state index in [-0.39, 0.29) is 29.5 Å². The summed E-state index contributed by atoms with van der Waals surface area (Å²) in [5.74, 6) is -0.347. The molecule has 1 fully saturated rings. The first-order valence-corrected chi connectivity index (χ1v) is 12.0. The van der Waals surface area contributed by atoms with Gasteiger partial charge in [0.05, 0.1) is 11.5 Å². The summed E-state index contributed by atoms with van der Waals surface area (Å²) in [5, 5.41) is 16.4. The average molecular weight is 450 g/mol.